The zero-order chi connectivity index (χ0) is 19.4. The maximum Gasteiger partial charge on any atom is 0.260 e. The fourth-order valence-corrected chi connectivity index (χ4v) is 3.02. The predicted octanol–water partition coefficient (Wildman–Crippen LogP) is 0.990. The van der Waals surface area contributed by atoms with Gasteiger partial charge >= 0.3 is 0 Å². The van der Waals surface area contributed by atoms with Gasteiger partial charge in [-0.3, -0.25) is 14.4 Å². The summed E-state index contributed by atoms with van der Waals surface area (Å²) >= 11 is 0. The molecule has 1 aromatic carbocycles. The first-order valence-electron chi connectivity index (χ1n) is 8.53. The molecule has 3 rings (SSSR count). The number of amides is 2. The van der Waals surface area contributed by atoms with Crippen LogP contribution in [0.5, 0.6) is 11.5 Å². The zero-order valence-electron chi connectivity index (χ0n) is 15.2. The van der Waals surface area contributed by atoms with E-state index in [4.69, 9.17) is 9.47 Å². The molecule has 2 aromatic rings. The summed E-state index contributed by atoms with van der Waals surface area (Å²) in [5, 5.41) is 0. The van der Waals surface area contributed by atoms with E-state index in [0.717, 1.165) is 0 Å². The molecule has 0 bridgehead atoms. The fourth-order valence-electron chi connectivity index (χ4n) is 3.02. The van der Waals surface area contributed by atoms with Gasteiger partial charge in [-0.25, -0.2) is 0 Å². The first kappa shape index (κ1) is 18.5. The first-order chi connectivity index (χ1) is 13.0. The molecule has 27 heavy (non-hydrogen) atoms. The number of ether oxygens (including phenoxy) is 2. The van der Waals surface area contributed by atoms with Crippen LogP contribution in [0.3, 0.4) is 0 Å². The number of hydrogen-bond acceptors (Lipinski definition) is 5. The molecule has 0 unspecified atom stereocenters. The summed E-state index contributed by atoms with van der Waals surface area (Å²) in [4.78, 5) is 42.9. The lowest BCUT2D eigenvalue weighted by Gasteiger charge is -2.34. The molecular weight excluding hydrogens is 350 g/mol. The van der Waals surface area contributed by atoms with Crippen LogP contribution in [0.4, 0.5) is 0 Å². The highest BCUT2D eigenvalue weighted by atomic mass is 16.5. The van der Waals surface area contributed by atoms with Gasteiger partial charge in [0.1, 0.15) is 17.1 Å². The van der Waals surface area contributed by atoms with Crippen molar-refractivity contribution < 1.29 is 19.1 Å². The molecule has 1 saturated heterocycles. The monoisotopic (exact) mass is 371 g/mol. The summed E-state index contributed by atoms with van der Waals surface area (Å²) in [6, 6.07) is 8.15. The van der Waals surface area contributed by atoms with E-state index in [1.807, 2.05) is 0 Å². The van der Waals surface area contributed by atoms with Crippen molar-refractivity contribution in [3.05, 3.63) is 58.0 Å². The molecule has 8 nitrogen and oxygen atoms in total. The zero-order valence-corrected chi connectivity index (χ0v) is 15.2. The third-order valence-electron chi connectivity index (χ3n) is 4.54. The van der Waals surface area contributed by atoms with Crippen LogP contribution < -0.4 is 15.0 Å². The van der Waals surface area contributed by atoms with Crippen LogP contribution in [0.25, 0.3) is 0 Å². The summed E-state index contributed by atoms with van der Waals surface area (Å²) in [5.74, 6) is 0.547. The number of pyridine rings is 1. The largest absolute Gasteiger partial charge is 0.497 e. The molecule has 1 aliphatic heterocycles. The molecule has 0 radical (unpaired) electrons. The van der Waals surface area contributed by atoms with Crippen molar-refractivity contribution in [2.75, 3.05) is 40.4 Å². The number of carbonyl (C=O) groups is 2. The lowest BCUT2D eigenvalue weighted by atomic mass is 10.1. The molecule has 1 fully saturated rings. The van der Waals surface area contributed by atoms with Gasteiger partial charge in [-0.1, -0.05) is 0 Å². The van der Waals surface area contributed by atoms with Crippen LogP contribution in [-0.2, 0) is 0 Å². The Kier molecular flexibility index (Phi) is 5.44. The Labute approximate surface area is 156 Å². The molecule has 0 atom stereocenters. The number of methoxy groups -OCH3 is 2. The smallest absolute Gasteiger partial charge is 0.260 e. The number of H-pyrrole nitrogens is 1. The summed E-state index contributed by atoms with van der Waals surface area (Å²) in [5.41, 5.74) is 0.135. The molecule has 0 aliphatic carbocycles. The van der Waals surface area contributed by atoms with E-state index in [9.17, 15) is 14.4 Å². The van der Waals surface area contributed by atoms with Gasteiger partial charge in [0.05, 0.1) is 19.8 Å². The van der Waals surface area contributed by atoms with Crippen molar-refractivity contribution in [1.29, 1.82) is 0 Å². The maximum atomic E-state index is 12.8. The number of hydrogen-bond donors (Lipinski definition) is 1. The van der Waals surface area contributed by atoms with Gasteiger partial charge in [0, 0.05) is 38.4 Å². The lowest BCUT2D eigenvalue weighted by Crippen LogP contribution is -2.51. The lowest BCUT2D eigenvalue weighted by molar-refractivity contribution is 0.0532. The van der Waals surface area contributed by atoms with Crippen LogP contribution in [0.1, 0.15) is 20.7 Å². The Morgan fingerprint density at radius 1 is 0.926 bits per heavy atom. The van der Waals surface area contributed by atoms with Crippen molar-refractivity contribution in [2.24, 2.45) is 0 Å². The van der Waals surface area contributed by atoms with Crippen molar-refractivity contribution in [2.45, 2.75) is 0 Å². The highest BCUT2D eigenvalue weighted by molar-refractivity contribution is 5.98. The number of nitrogens with zero attached hydrogens (tertiary/aromatic N) is 2. The summed E-state index contributed by atoms with van der Waals surface area (Å²) in [6.07, 6.45) is 1.48. The van der Waals surface area contributed by atoms with E-state index in [2.05, 4.69) is 4.98 Å². The topological polar surface area (TPSA) is 91.9 Å². The Morgan fingerprint density at radius 2 is 1.56 bits per heavy atom. The average Bonchev–Trinajstić information content (AvgIpc) is 2.72. The Bertz CT molecular complexity index is 900. The molecule has 8 heteroatoms. The van der Waals surface area contributed by atoms with Gasteiger partial charge in [-0.2, -0.15) is 0 Å². The van der Waals surface area contributed by atoms with Crippen molar-refractivity contribution in [1.82, 2.24) is 14.8 Å². The summed E-state index contributed by atoms with van der Waals surface area (Å²) < 4.78 is 10.5. The molecule has 1 N–H and O–H groups in total. The number of benzene rings is 1. The molecule has 0 saturated carbocycles. The number of piperazine rings is 1. The normalized spacial score (nSPS) is 14.0. The fraction of sp³-hybridized carbons (Fsp3) is 0.316. The predicted molar refractivity (Wildman–Crippen MR) is 98.4 cm³/mol. The SMILES string of the molecule is COc1ccc(C(=O)N2CCN(C(=O)c3ccc[nH]c3=O)CC2)c(OC)c1. The van der Waals surface area contributed by atoms with E-state index in [1.165, 1.54) is 19.4 Å². The Morgan fingerprint density at radius 3 is 2.11 bits per heavy atom. The van der Waals surface area contributed by atoms with E-state index < -0.39 is 5.56 Å². The molecule has 2 amide bonds. The van der Waals surface area contributed by atoms with E-state index >= 15 is 0 Å². The van der Waals surface area contributed by atoms with Gasteiger partial charge in [0.15, 0.2) is 0 Å². The number of aromatic nitrogens is 1. The Balaban J connectivity index is 1.69. The summed E-state index contributed by atoms with van der Waals surface area (Å²) in [7, 11) is 3.05. The maximum absolute atomic E-state index is 12.8. The minimum atomic E-state index is -0.413. The van der Waals surface area contributed by atoms with Crippen LogP contribution in [0.2, 0.25) is 0 Å². The molecule has 1 aromatic heterocycles. The highest BCUT2D eigenvalue weighted by Gasteiger charge is 2.27. The number of carbonyl (C=O) groups excluding carboxylic acids is 2. The third-order valence-corrected chi connectivity index (χ3v) is 4.54. The first-order valence-corrected chi connectivity index (χ1v) is 8.53. The second-order valence-corrected chi connectivity index (χ2v) is 6.06. The van der Waals surface area contributed by atoms with E-state index in [1.54, 1.807) is 41.2 Å². The third kappa shape index (κ3) is 3.79. The van der Waals surface area contributed by atoms with Crippen LogP contribution in [0.15, 0.2) is 41.3 Å². The van der Waals surface area contributed by atoms with Crippen molar-refractivity contribution in [3.63, 3.8) is 0 Å². The van der Waals surface area contributed by atoms with Gasteiger partial charge in [-0.15, -0.1) is 0 Å². The van der Waals surface area contributed by atoms with Gasteiger partial charge < -0.3 is 24.3 Å². The van der Waals surface area contributed by atoms with Gasteiger partial charge in [0.25, 0.3) is 17.4 Å². The van der Waals surface area contributed by atoms with Gasteiger partial charge in [0.2, 0.25) is 0 Å². The minimum Gasteiger partial charge on any atom is -0.497 e. The molecular formula is C19H21N3O5. The molecule has 1 aliphatic rings. The number of rotatable bonds is 4. The second kappa shape index (κ2) is 7.94. The van der Waals surface area contributed by atoms with Gasteiger partial charge in [-0.05, 0) is 24.3 Å². The van der Waals surface area contributed by atoms with E-state index in [0.29, 0.717) is 43.2 Å². The molecule has 0 spiro atoms. The average molecular weight is 371 g/mol. The minimum absolute atomic E-state index is 0.106. The van der Waals surface area contributed by atoms with Crippen LogP contribution >= 0.6 is 0 Å². The van der Waals surface area contributed by atoms with Crippen molar-refractivity contribution in [3.8, 4) is 11.5 Å². The molecule has 2 heterocycles. The van der Waals surface area contributed by atoms with Crippen molar-refractivity contribution >= 4 is 11.8 Å². The standard InChI is InChI=1S/C19H21N3O5/c1-26-13-5-6-14(16(12-13)27-2)18(24)21-8-10-22(11-9-21)19(25)15-4-3-7-20-17(15)23/h3-7,12H,8-11H2,1-2H3,(H,20,23). The number of nitrogens with one attached hydrogen (secondary N) is 1. The quantitative estimate of drug-likeness (QED) is 0.865. The van der Waals surface area contributed by atoms with E-state index in [-0.39, 0.29) is 17.4 Å². The van der Waals surface area contributed by atoms with Crippen LogP contribution in [0, 0.1) is 0 Å². The Hall–Kier alpha value is -3.29. The number of aromatic amines is 1. The second-order valence-electron chi connectivity index (χ2n) is 6.06. The molecule has 142 valence electrons. The van der Waals surface area contributed by atoms with Crippen LogP contribution in [-0.4, -0.2) is 67.0 Å². The highest BCUT2D eigenvalue weighted by Crippen LogP contribution is 2.26. The summed E-state index contributed by atoms with van der Waals surface area (Å²) in [6.45, 7) is 1.48.